The Labute approximate surface area is 150 Å². The molecule has 0 aliphatic carbocycles. The van der Waals surface area contributed by atoms with Crippen LogP contribution in [0, 0.1) is 20.8 Å². The first-order valence-corrected chi connectivity index (χ1v) is 8.48. The van der Waals surface area contributed by atoms with Crippen LogP contribution in [0.15, 0.2) is 30.3 Å². The maximum atomic E-state index is 12.2. The number of hydrogen-bond acceptors (Lipinski definition) is 3. The first kappa shape index (κ1) is 18.9. The van der Waals surface area contributed by atoms with Gasteiger partial charge in [0, 0.05) is 30.9 Å². The first-order chi connectivity index (χ1) is 11.8. The van der Waals surface area contributed by atoms with Crippen molar-refractivity contribution >= 4 is 12.0 Å². The molecule has 1 aromatic carbocycles. The fourth-order valence-corrected chi connectivity index (χ4v) is 2.83. The van der Waals surface area contributed by atoms with E-state index in [1.807, 2.05) is 45.7 Å². The number of nitrogens with one attached hydrogen (secondary N) is 1. The summed E-state index contributed by atoms with van der Waals surface area (Å²) in [7, 11) is 5.95. The monoisotopic (exact) mass is 340 g/mol. The minimum atomic E-state index is -0.0957. The van der Waals surface area contributed by atoms with Crippen LogP contribution >= 0.6 is 0 Å². The molecule has 1 amide bonds. The number of carbonyl (C=O) groups is 1. The Kier molecular flexibility index (Phi) is 6.15. The highest BCUT2D eigenvalue weighted by Crippen LogP contribution is 2.18. The van der Waals surface area contributed by atoms with Crippen LogP contribution in [0.5, 0.6) is 0 Å². The molecule has 1 atom stereocenters. The third-order valence-corrected chi connectivity index (χ3v) is 4.52. The van der Waals surface area contributed by atoms with Gasteiger partial charge in [0.2, 0.25) is 5.91 Å². The zero-order valence-electron chi connectivity index (χ0n) is 16.0. The fourth-order valence-electron chi connectivity index (χ4n) is 2.83. The molecule has 1 heterocycles. The predicted octanol–water partition coefficient (Wildman–Crippen LogP) is 2.78. The second-order valence-electron chi connectivity index (χ2n) is 6.68. The molecule has 0 fully saturated rings. The molecule has 134 valence electrons. The van der Waals surface area contributed by atoms with Crippen molar-refractivity contribution in [1.29, 1.82) is 0 Å². The van der Waals surface area contributed by atoms with Crippen molar-refractivity contribution in [1.82, 2.24) is 20.0 Å². The summed E-state index contributed by atoms with van der Waals surface area (Å²) in [6, 6.07) is 8.57. The maximum Gasteiger partial charge on any atom is 0.244 e. The second kappa shape index (κ2) is 8.12. The Morgan fingerprint density at radius 2 is 1.88 bits per heavy atom. The van der Waals surface area contributed by atoms with Gasteiger partial charge >= 0.3 is 0 Å². The van der Waals surface area contributed by atoms with E-state index in [-0.39, 0.29) is 11.9 Å². The molecule has 0 bridgehead atoms. The molecule has 0 radical (unpaired) electrons. The topological polar surface area (TPSA) is 50.2 Å². The number of aromatic nitrogens is 2. The summed E-state index contributed by atoms with van der Waals surface area (Å²) < 4.78 is 1.83. The first-order valence-electron chi connectivity index (χ1n) is 8.48. The van der Waals surface area contributed by atoms with Crippen LogP contribution in [0.1, 0.15) is 34.1 Å². The summed E-state index contributed by atoms with van der Waals surface area (Å²) in [5.41, 5.74) is 5.40. The molecule has 0 saturated carbocycles. The second-order valence-corrected chi connectivity index (χ2v) is 6.68. The van der Waals surface area contributed by atoms with Gasteiger partial charge in [-0.05, 0) is 46.5 Å². The molecule has 2 rings (SSSR count). The van der Waals surface area contributed by atoms with E-state index >= 15 is 0 Å². The summed E-state index contributed by atoms with van der Waals surface area (Å²) in [4.78, 5) is 14.3. The van der Waals surface area contributed by atoms with E-state index in [1.54, 1.807) is 6.08 Å². The Hall–Kier alpha value is -2.40. The maximum absolute atomic E-state index is 12.2. The van der Waals surface area contributed by atoms with Gasteiger partial charge < -0.3 is 10.2 Å². The van der Waals surface area contributed by atoms with Crippen LogP contribution in [0.25, 0.3) is 6.08 Å². The van der Waals surface area contributed by atoms with Crippen LogP contribution in [0.3, 0.4) is 0 Å². The fraction of sp³-hybridized carbons (Fsp3) is 0.400. The van der Waals surface area contributed by atoms with Crippen molar-refractivity contribution in [3.63, 3.8) is 0 Å². The summed E-state index contributed by atoms with van der Waals surface area (Å²) in [5, 5.41) is 7.36. The van der Waals surface area contributed by atoms with Gasteiger partial charge in [0.25, 0.3) is 0 Å². The highest BCUT2D eigenvalue weighted by molar-refractivity contribution is 5.92. The van der Waals surface area contributed by atoms with Crippen molar-refractivity contribution in [2.75, 3.05) is 20.6 Å². The molecular weight excluding hydrogens is 312 g/mol. The van der Waals surface area contributed by atoms with Gasteiger partial charge in [0.05, 0.1) is 11.7 Å². The number of rotatable bonds is 6. The number of aryl methyl sites for hydroxylation is 3. The minimum Gasteiger partial charge on any atom is -0.351 e. The standard InChI is InChI=1S/C20H28N4O/c1-14-7-9-17(10-8-14)19(23(4)5)13-21-20(25)12-11-18-15(2)22-24(6)16(18)3/h7-12,19H,13H2,1-6H3,(H,21,25)/b12-11-/t19-/m1/s1. The van der Waals surface area contributed by atoms with Crippen LogP contribution in [-0.2, 0) is 11.8 Å². The summed E-state index contributed by atoms with van der Waals surface area (Å²) in [6.07, 6.45) is 3.42. The lowest BCUT2D eigenvalue weighted by atomic mass is 10.0. The van der Waals surface area contributed by atoms with E-state index in [2.05, 4.69) is 46.5 Å². The third-order valence-electron chi connectivity index (χ3n) is 4.52. The van der Waals surface area contributed by atoms with Crippen molar-refractivity contribution in [2.45, 2.75) is 26.8 Å². The van der Waals surface area contributed by atoms with Gasteiger partial charge in [-0.3, -0.25) is 9.48 Å². The molecular formula is C20H28N4O. The molecule has 1 aromatic heterocycles. The number of hydrogen-bond donors (Lipinski definition) is 1. The molecule has 5 nitrogen and oxygen atoms in total. The van der Waals surface area contributed by atoms with E-state index < -0.39 is 0 Å². The average Bonchev–Trinajstić information content (AvgIpc) is 2.79. The van der Waals surface area contributed by atoms with Gasteiger partial charge in [-0.15, -0.1) is 0 Å². The van der Waals surface area contributed by atoms with Crippen molar-refractivity contribution in [3.05, 3.63) is 58.4 Å². The molecule has 0 aliphatic heterocycles. The summed E-state index contributed by atoms with van der Waals surface area (Å²) in [6.45, 7) is 6.58. The van der Waals surface area contributed by atoms with Crippen LogP contribution < -0.4 is 5.32 Å². The van der Waals surface area contributed by atoms with Gasteiger partial charge in [-0.1, -0.05) is 29.8 Å². The predicted molar refractivity (Wildman–Crippen MR) is 102 cm³/mol. The van der Waals surface area contributed by atoms with Gasteiger partial charge in [-0.2, -0.15) is 5.10 Å². The third kappa shape index (κ3) is 4.79. The zero-order valence-corrected chi connectivity index (χ0v) is 16.0. The molecule has 25 heavy (non-hydrogen) atoms. The molecule has 2 aromatic rings. The van der Waals surface area contributed by atoms with E-state index in [4.69, 9.17) is 0 Å². The minimum absolute atomic E-state index is 0.0957. The number of amides is 1. The van der Waals surface area contributed by atoms with E-state index in [1.165, 1.54) is 11.1 Å². The number of nitrogens with zero attached hydrogens (tertiary/aromatic N) is 3. The smallest absolute Gasteiger partial charge is 0.244 e. The summed E-state index contributed by atoms with van der Waals surface area (Å²) in [5.74, 6) is -0.0957. The van der Waals surface area contributed by atoms with Gasteiger partial charge in [-0.25, -0.2) is 0 Å². The van der Waals surface area contributed by atoms with E-state index in [9.17, 15) is 4.79 Å². The molecule has 0 spiro atoms. The lowest BCUT2D eigenvalue weighted by Crippen LogP contribution is -2.33. The quantitative estimate of drug-likeness (QED) is 0.823. The highest BCUT2D eigenvalue weighted by Gasteiger charge is 2.14. The molecule has 0 aliphatic rings. The van der Waals surface area contributed by atoms with E-state index in [0.717, 1.165) is 17.0 Å². The summed E-state index contributed by atoms with van der Waals surface area (Å²) >= 11 is 0. The molecule has 0 unspecified atom stereocenters. The van der Waals surface area contributed by atoms with Crippen LogP contribution in [0.2, 0.25) is 0 Å². The van der Waals surface area contributed by atoms with Crippen LogP contribution in [-0.4, -0.2) is 41.2 Å². The largest absolute Gasteiger partial charge is 0.351 e. The van der Waals surface area contributed by atoms with Crippen molar-refractivity contribution in [2.24, 2.45) is 7.05 Å². The number of carbonyl (C=O) groups excluding carboxylic acids is 1. The Morgan fingerprint density at radius 3 is 2.40 bits per heavy atom. The SMILES string of the molecule is Cc1ccc([C@@H](CNC(=O)/C=C\c2c(C)nn(C)c2C)N(C)C)cc1. The Morgan fingerprint density at radius 1 is 1.24 bits per heavy atom. The molecule has 5 heteroatoms. The lowest BCUT2D eigenvalue weighted by molar-refractivity contribution is -0.116. The Balaban J connectivity index is 2.01. The number of likely N-dealkylation sites (N-methyl/N-ethyl adjacent to an activating group) is 1. The van der Waals surface area contributed by atoms with Crippen molar-refractivity contribution < 1.29 is 4.79 Å². The number of benzene rings is 1. The highest BCUT2D eigenvalue weighted by atomic mass is 16.1. The van der Waals surface area contributed by atoms with Crippen LogP contribution in [0.4, 0.5) is 0 Å². The zero-order chi connectivity index (χ0) is 18.6. The molecule has 1 N–H and O–H groups in total. The van der Waals surface area contributed by atoms with Gasteiger partial charge in [0.15, 0.2) is 0 Å². The molecule has 0 saturated heterocycles. The van der Waals surface area contributed by atoms with Crippen molar-refractivity contribution in [3.8, 4) is 0 Å². The Bertz CT molecular complexity index is 757. The lowest BCUT2D eigenvalue weighted by Gasteiger charge is -2.25. The van der Waals surface area contributed by atoms with E-state index in [0.29, 0.717) is 6.54 Å². The van der Waals surface area contributed by atoms with Gasteiger partial charge in [0.1, 0.15) is 0 Å². The average molecular weight is 340 g/mol. The normalized spacial score (nSPS) is 12.8.